The molecule has 3 aromatic rings. The van der Waals surface area contributed by atoms with Gasteiger partial charge in [-0.3, -0.25) is 14.5 Å². The van der Waals surface area contributed by atoms with Gasteiger partial charge in [0, 0.05) is 49.8 Å². The van der Waals surface area contributed by atoms with Gasteiger partial charge in [0.05, 0.1) is 11.1 Å². The number of Topliss-reactive ketones (excluding diaryl/α,β-unsaturated/α-hetero) is 1. The fourth-order valence-corrected chi connectivity index (χ4v) is 4.72. The highest BCUT2D eigenvalue weighted by molar-refractivity contribution is 5.96. The van der Waals surface area contributed by atoms with Crippen molar-refractivity contribution < 1.29 is 35.9 Å². The Hall–Kier alpha value is -3.37. The van der Waals surface area contributed by atoms with Crippen molar-refractivity contribution in [3.05, 3.63) is 107 Å². The monoisotopic (exact) mass is 584 g/mol. The summed E-state index contributed by atoms with van der Waals surface area (Å²) in [4.78, 5) is 29.3. The Bertz CT molecular complexity index is 1270. The fraction of sp³-hybridized carbons (Fsp3) is 0.310. The first kappa shape index (κ1) is 31.2. The van der Waals surface area contributed by atoms with Gasteiger partial charge in [-0.25, -0.2) is 0 Å². The summed E-state index contributed by atoms with van der Waals surface area (Å²) >= 11 is 0. The van der Waals surface area contributed by atoms with Crippen molar-refractivity contribution in [2.24, 2.45) is 0 Å². The molecular formula is C29H27ClF6N2O2. The van der Waals surface area contributed by atoms with E-state index in [0.29, 0.717) is 43.8 Å². The maximum Gasteiger partial charge on any atom is 0.416 e. The lowest BCUT2D eigenvalue weighted by atomic mass is 9.98. The summed E-state index contributed by atoms with van der Waals surface area (Å²) in [7, 11) is 0. The zero-order valence-corrected chi connectivity index (χ0v) is 22.0. The molecule has 1 atom stereocenters. The van der Waals surface area contributed by atoms with Crippen LogP contribution >= 0.6 is 12.4 Å². The predicted octanol–water partition coefficient (Wildman–Crippen LogP) is 6.79. The molecule has 0 aromatic heterocycles. The molecule has 0 spiro atoms. The maximum absolute atomic E-state index is 13.4. The molecule has 4 nitrogen and oxygen atoms in total. The summed E-state index contributed by atoms with van der Waals surface area (Å²) in [6, 6.07) is 18.3. The molecule has 0 radical (unpaired) electrons. The minimum absolute atomic E-state index is 0. The highest BCUT2D eigenvalue weighted by atomic mass is 35.5. The van der Waals surface area contributed by atoms with Gasteiger partial charge in [0.2, 0.25) is 0 Å². The number of rotatable bonds is 7. The first-order chi connectivity index (χ1) is 18.4. The van der Waals surface area contributed by atoms with Crippen molar-refractivity contribution >= 4 is 24.1 Å². The van der Waals surface area contributed by atoms with E-state index >= 15 is 0 Å². The van der Waals surface area contributed by atoms with E-state index in [4.69, 9.17) is 0 Å². The molecule has 1 saturated heterocycles. The van der Waals surface area contributed by atoms with Gasteiger partial charge in [0.1, 0.15) is 0 Å². The molecule has 1 amide bonds. The van der Waals surface area contributed by atoms with Crippen molar-refractivity contribution in [1.82, 2.24) is 9.80 Å². The number of amides is 1. The molecule has 1 fully saturated rings. The van der Waals surface area contributed by atoms with Crippen molar-refractivity contribution in [3.8, 4) is 0 Å². The van der Waals surface area contributed by atoms with Crippen LogP contribution in [0.1, 0.15) is 43.8 Å². The number of halogens is 7. The van der Waals surface area contributed by atoms with Gasteiger partial charge in [-0.2, -0.15) is 26.3 Å². The second-order valence-corrected chi connectivity index (χ2v) is 9.48. The molecule has 0 bridgehead atoms. The molecule has 0 unspecified atom stereocenters. The average molecular weight is 585 g/mol. The number of hydrogen-bond donors (Lipinski definition) is 0. The summed E-state index contributed by atoms with van der Waals surface area (Å²) in [6.07, 6.45) is -9.52. The van der Waals surface area contributed by atoms with Gasteiger partial charge in [-0.05, 0) is 30.2 Å². The molecular weight excluding hydrogens is 558 g/mol. The van der Waals surface area contributed by atoms with Crippen molar-refractivity contribution in [3.63, 3.8) is 0 Å². The normalized spacial score (nSPS) is 16.4. The van der Waals surface area contributed by atoms with Crippen LogP contribution in [0, 0.1) is 0 Å². The Morgan fingerprint density at radius 2 is 1.30 bits per heavy atom. The molecule has 0 saturated carbocycles. The highest BCUT2D eigenvalue weighted by Crippen LogP contribution is 2.37. The zero-order valence-electron chi connectivity index (χ0n) is 21.2. The third-order valence-electron chi connectivity index (χ3n) is 6.73. The smallest absolute Gasteiger partial charge is 0.333 e. The summed E-state index contributed by atoms with van der Waals surface area (Å²) in [5.41, 5.74) is -2.28. The van der Waals surface area contributed by atoms with E-state index in [1.54, 1.807) is 24.3 Å². The number of piperazine rings is 1. The van der Waals surface area contributed by atoms with Gasteiger partial charge in [0.25, 0.3) is 5.91 Å². The molecule has 0 aliphatic carbocycles. The molecule has 4 rings (SSSR count). The number of hydrogen-bond acceptors (Lipinski definition) is 3. The van der Waals surface area contributed by atoms with E-state index in [9.17, 15) is 35.9 Å². The van der Waals surface area contributed by atoms with E-state index in [2.05, 4.69) is 0 Å². The quantitative estimate of drug-likeness (QED) is 0.227. The number of carbonyl (C=O) groups excluding carboxylic acids is 2. The van der Waals surface area contributed by atoms with E-state index in [1.807, 2.05) is 41.3 Å². The molecule has 0 N–H and O–H groups in total. The molecule has 3 aromatic carbocycles. The zero-order chi connectivity index (χ0) is 28.2. The Morgan fingerprint density at radius 1 is 0.750 bits per heavy atom. The lowest BCUT2D eigenvalue weighted by Crippen LogP contribution is -2.56. The van der Waals surface area contributed by atoms with Crippen LogP contribution in [0.25, 0.3) is 0 Å². The van der Waals surface area contributed by atoms with Crippen molar-refractivity contribution in [2.75, 3.05) is 26.2 Å². The van der Waals surface area contributed by atoms with Gasteiger partial charge < -0.3 is 4.90 Å². The number of carbonyl (C=O) groups is 2. The van der Waals surface area contributed by atoms with Crippen molar-refractivity contribution in [2.45, 2.75) is 31.2 Å². The number of alkyl halides is 6. The van der Waals surface area contributed by atoms with Gasteiger partial charge in [-0.15, -0.1) is 12.4 Å². The third-order valence-corrected chi connectivity index (χ3v) is 6.73. The lowest BCUT2D eigenvalue weighted by molar-refractivity contribution is -0.143. The first-order valence-electron chi connectivity index (χ1n) is 12.4. The summed E-state index contributed by atoms with van der Waals surface area (Å²) in [5.74, 6) is -0.940. The van der Waals surface area contributed by atoms with Crippen LogP contribution in [0.15, 0.2) is 78.9 Å². The predicted molar refractivity (Wildman–Crippen MR) is 140 cm³/mol. The van der Waals surface area contributed by atoms with Crippen LogP contribution in [0.3, 0.4) is 0 Å². The topological polar surface area (TPSA) is 40.6 Å². The lowest BCUT2D eigenvalue weighted by Gasteiger charge is -2.42. The minimum atomic E-state index is -5.05. The molecule has 40 heavy (non-hydrogen) atoms. The molecule has 1 heterocycles. The van der Waals surface area contributed by atoms with Crippen LogP contribution in [-0.4, -0.2) is 53.7 Å². The van der Waals surface area contributed by atoms with E-state index in [0.717, 1.165) is 5.56 Å². The Morgan fingerprint density at radius 3 is 1.85 bits per heavy atom. The summed E-state index contributed by atoms with van der Waals surface area (Å²) < 4.78 is 80.4. The molecule has 1 aliphatic heterocycles. The molecule has 214 valence electrons. The minimum Gasteiger partial charge on any atom is -0.333 e. The summed E-state index contributed by atoms with van der Waals surface area (Å²) in [5, 5.41) is 0. The standard InChI is InChI=1S/C29H26F6N2O2.ClH/c30-28(31,32)23-16-22(17-24(18-23)29(33,34)35)27(39)37-14-13-36(12-11-26(38)21-9-5-2-6-10-21)19-25(37)15-20-7-3-1-4-8-20;/h1-10,16-18,25H,11-15,19H2;1H/t25-;/m1./s1. The second-order valence-electron chi connectivity index (χ2n) is 9.48. The fourth-order valence-electron chi connectivity index (χ4n) is 4.72. The van der Waals surface area contributed by atoms with Crippen LogP contribution in [0.4, 0.5) is 26.3 Å². The Labute approximate surface area is 234 Å². The number of nitrogens with zero attached hydrogens (tertiary/aromatic N) is 2. The largest absolute Gasteiger partial charge is 0.416 e. The van der Waals surface area contributed by atoms with Gasteiger partial charge in [0.15, 0.2) is 5.78 Å². The van der Waals surface area contributed by atoms with Crippen LogP contribution in [0.2, 0.25) is 0 Å². The van der Waals surface area contributed by atoms with Gasteiger partial charge in [-0.1, -0.05) is 60.7 Å². The number of ketones is 1. The van der Waals surface area contributed by atoms with E-state index < -0.39 is 41.0 Å². The van der Waals surface area contributed by atoms with Gasteiger partial charge >= 0.3 is 12.4 Å². The molecule has 11 heteroatoms. The molecule has 1 aliphatic rings. The second kappa shape index (κ2) is 12.9. The maximum atomic E-state index is 13.4. The SMILES string of the molecule is Cl.O=C(CCN1CCN(C(=O)c2cc(C(F)(F)F)cc(C(F)(F)F)c2)[C@H](Cc2ccccc2)C1)c1ccccc1. The Kier molecular flexibility index (Phi) is 10.0. The first-order valence-corrected chi connectivity index (χ1v) is 12.4. The number of benzene rings is 3. The van der Waals surface area contributed by atoms with Crippen LogP contribution < -0.4 is 0 Å². The highest BCUT2D eigenvalue weighted by Gasteiger charge is 2.39. The third kappa shape index (κ3) is 7.85. The van der Waals surface area contributed by atoms with E-state index in [-0.39, 0.29) is 37.2 Å². The Balaban J connectivity index is 0.00000441. The van der Waals surface area contributed by atoms with E-state index in [1.165, 1.54) is 4.90 Å². The summed E-state index contributed by atoms with van der Waals surface area (Å²) in [6.45, 7) is 1.13. The average Bonchev–Trinajstić information content (AvgIpc) is 2.91. The van der Waals surface area contributed by atoms with Crippen LogP contribution in [-0.2, 0) is 18.8 Å². The van der Waals surface area contributed by atoms with Crippen LogP contribution in [0.5, 0.6) is 0 Å². The van der Waals surface area contributed by atoms with Crippen molar-refractivity contribution in [1.29, 1.82) is 0 Å².